The van der Waals surface area contributed by atoms with Crippen molar-refractivity contribution in [2.75, 3.05) is 0 Å². The van der Waals surface area contributed by atoms with Crippen molar-refractivity contribution >= 4 is 12.1 Å². The van der Waals surface area contributed by atoms with Gasteiger partial charge in [0.05, 0.1) is 6.10 Å². The predicted octanol–water partition coefficient (Wildman–Crippen LogP) is 5.34. The monoisotopic (exact) mass is 340 g/mol. The number of hydrazone groups is 1. The second kappa shape index (κ2) is 18.4. The number of amides is 1. The van der Waals surface area contributed by atoms with Crippen molar-refractivity contribution in [3.05, 3.63) is 0 Å². The SMILES string of the molecule is CC=NNC(=O)CCCCCCCCCC[C@H](O)CCCCCC. The lowest BCUT2D eigenvalue weighted by atomic mass is 10.0. The molecule has 1 amide bonds. The van der Waals surface area contributed by atoms with Crippen LogP contribution in [0.3, 0.4) is 0 Å². The molecule has 0 saturated carbocycles. The number of nitrogens with zero attached hydrogens (tertiary/aromatic N) is 1. The third-order valence-corrected chi connectivity index (χ3v) is 4.40. The van der Waals surface area contributed by atoms with Gasteiger partial charge in [0.2, 0.25) is 5.91 Å². The molecule has 0 rings (SSSR count). The standard InChI is InChI=1S/C20H40N2O2/c1-3-5-6-13-16-19(23)17-14-11-9-7-8-10-12-15-18-20(24)22-21-4-2/h4,19,23H,3,5-18H2,1-2H3,(H,22,24)/t19-/m1/s1. The quantitative estimate of drug-likeness (QED) is 0.213. The largest absolute Gasteiger partial charge is 0.393 e. The number of aliphatic hydroxyl groups excluding tert-OH is 1. The van der Waals surface area contributed by atoms with E-state index in [0.29, 0.717) is 6.42 Å². The summed E-state index contributed by atoms with van der Waals surface area (Å²) in [4.78, 5) is 11.3. The Labute approximate surface area is 149 Å². The Morgan fingerprint density at radius 2 is 1.42 bits per heavy atom. The highest BCUT2D eigenvalue weighted by atomic mass is 16.3. The van der Waals surface area contributed by atoms with Crippen molar-refractivity contribution in [1.29, 1.82) is 0 Å². The maximum atomic E-state index is 11.3. The Morgan fingerprint density at radius 3 is 1.96 bits per heavy atom. The molecule has 0 unspecified atom stereocenters. The summed E-state index contributed by atoms with van der Waals surface area (Å²) < 4.78 is 0. The Bertz CT molecular complexity index is 306. The van der Waals surface area contributed by atoms with Crippen molar-refractivity contribution in [2.24, 2.45) is 5.10 Å². The molecular formula is C20H40N2O2. The molecule has 2 N–H and O–H groups in total. The zero-order valence-electron chi connectivity index (χ0n) is 16.1. The molecule has 0 aromatic heterocycles. The van der Waals surface area contributed by atoms with Crippen LogP contribution in [0.4, 0.5) is 0 Å². The molecule has 0 fully saturated rings. The molecule has 4 nitrogen and oxygen atoms in total. The van der Waals surface area contributed by atoms with Crippen LogP contribution in [0.15, 0.2) is 5.10 Å². The molecular weight excluding hydrogens is 300 g/mol. The number of carbonyl (C=O) groups excluding carboxylic acids is 1. The molecule has 0 bridgehead atoms. The summed E-state index contributed by atoms with van der Waals surface area (Å²) in [6.45, 7) is 4.00. The molecule has 0 saturated heterocycles. The van der Waals surface area contributed by atoms with Gasteiger partial charge in [-0.15, -0.1) is 0 Å². The minimum atomic E-state index is -0.0787. The van der Waals surface area contributed by atoms with Gasteiger partial charge in [-0.25, -0.2) is 5.43 Å². The number of hydrogen-bond donors (Lipinski definition) is 2. The van der Waals surface area contributed by atoms with Crippen molar-refractivity contribution in [2.45, 2.75) is 116 Å². The smallest absolute Gasteiger partial charge is 0.240 e. The molecule has 0 heterocycles. The van der Waals surface area contributed by atoms with Gasteiger partial charge < -0.3 is 5.11 Å². The lowest BCUT2D eigenvalue weighted by Gasteiger charge is -2.10. The Hall–Kier alpha value is -0.900. The fourth-order valence-corrected chi connectivity index (χ4v) is 2.87. The van der Waals surface area contributed by atoms with E-state index in [9.17, 15) is 9.90 Å². The van der Waals surface area contributed by atoms with Gasteiger partial charge >= 0.3 is 0 Å². The van der Waals surface area contributed by atoms with E-state index in [2.05, 4.69) is 17.5 Å². The van der Waals surface area contributed by atoms with Crippen LogP contribution in [0.2, 0.25) is 0 Å². The highest BCUT2D eigenvalue weighted by molar-refractivity contribution is 5.76. The van der Waals surface area contributed by atoms with Gasteiger partial charge in [-0.1, -0.05) is 77.6 Å². The predicted molar refractivity (Wildman–Crippen MR) is 103 cm³/mol. The highest BCUT2D eigenvalue weighted by Gasteiger charge is 2.03. The summed E-state index contributed by atoms with van der Waals surface area (Å²) >= 11 is 0. The first-order valence-electron chi connectivity index (χ1n) is 10.1. The Kier molecular flexibility index (Phi) is 17.7. The normalized spacial score (nSPS) is 12.6. The van der Waals surface area contributed by atoms with Crippen LogP contribution >= 0.6 is 0 Å². The Morgan fingerprint density at radius 1 is 0.917 bits per heavy atom. The summed E-state index contributed by atoms with van der Waals surface area (Å²) in [6, 6.07) is 0. The first kappa shape index (κ1) is 23.1. The number of rotatable bonds is 17. The molecule has 24 heavy (non-hydrogen) atoms. The van der Waals surface area contributed by atoms with Gasteiger partial charge in [-0.05, 0) is 26.2 Å². The summed E-state index contributed by atoms with van der Waals surface area (Å²) in [5, 5.41) is 13.6. The number of unbranched alkanes of at least 4 members (excludes halogenated alkanes) is 10. The van der Waals surface area contributed by atoms with Gasteiger partial charge in [0.25, 0.3) is 0 Å². The summed E-state index contributed by atoms with van der Waals surface area (Å²) in [5.74, 6) is 0.0151. The van der Waals surface area contributed by atoms with Crippen LogP contribution < -0.4 is 5.43 Å². The fraction of sp³-hybridized carbons (Fsp3) is 0.900. The second-order valence-electron chi connectivity index (χ2n) is 6.79. The lowest BCUT2D eigenvalue weighted by molar-refractivity contribution is -0.121. The number of carbonyl (C=O) groups is 1. The Balaban J connectivity index is 3.21. The zero-order chi connectivity index (χ0) is 17.9. The van der Waals surface area contributed by atoms with E-state index >= 15 is 0 Å². The van der Waals surface area contributed by atoms with Gasteiger partial charge in [-0.3, -0.25) is 4.79 Å². The van der Waals surface area contributed by atoms with Gasteiger partial charge in [0.1, 0.15) is 0 Å². The molecule has 0 aliphatic heterocycles. The molecule has 0 aromatic rings. The van der Waals surface area contributed by atoms with E-state index in [0.717, 1.165) is 32.1 Å². The summed E-state index contributed by atoms with van der Waals surface area (Å²) in [7, 11) is 0. The van der Waals surface area contributed by atoms with Crippen molar-refractivity contribution in [3.63, 3.8) is 0 Å². The minimum absolute atomic E-state index is 0.0151. The topological polar surface area (TPSA) is 61.7 Å². The number of aliphatic hydroxyl groups is 1. The van der Waals surface area contributed by atoms with Crippen LogP contribution in [0.5, 0.6) is 0 Å². The van der Waals surface area contributed by atoms with Gasteiger partial charge in [0, 0.05) is 12.6 Å². The average Bonchev–Trinajstić information content (AvgIpc) is 2.58. The van der Waals surface area contributed by atoms with Gasteiger partial charge in [0.15, 0.2) is 0 Å². The number of hydrogen-bond acceptors (Lipinski definition) is 3. The molecule has 0 aliphatic rings. The van der Waals surface area contributed by atoms with Crippen LogP contribution in [0, 0.1) is 0 Å². The second-order valence-corrected chi connectivity index (χ2v) is 6.79. The van der Waals surface area contributed by atoms with E-state index in [1.807, 2.05) is 0 Å². The molecule has 0 aromatic carbocycles. The molecule has 142 valence electrons. The van der Waals surface area contributed by atoms with Crippen LogP contribution in [-0.4, -0.2) is 23.3 Å². The molecule has 1 atom stereocenters. The van der Waals surface area contributed by atoms with Crippen molar-refractivity contribution in [3.8, 4) is 0 Å². The van der Waals surface area contributed by atoms with Crippen LogP contribution in [-0.2, 0) is 4.79 Å². The van der Waals surface area contributed by atoms with Crippen LogP contribution in [0.1, 0.15) is 110 Å². The third kappa shape index (κ3) is 17.5. The van der Waals surface area contributed by atoms with E-state index < -0.39 is 0 Å². The summed E-state index contributed by atoms with van der Waals surface area (Å²) in [5.41, 5.74) is 2.50. The third-order valence-electron chi connectivity index (χ3n) is 4.40. The van der Waals surface area contributed by atoms with Crippen LogP contribution in [0.25, 0.3) is 0 Å². The average molecular weight is 341 g/mol. The van der Waals surface area contributed by atoms with E-state index in [-0.39, 0.29) is 12.0 Å². The maximum absolute atomic E-state index is 11.3. The lowest BCUT2D eigenvalue weighted by Crippen LogP contribution is -2.16. The van der Waals surface area contributed by atoms with Crippen molar-refractivity contribution in [1.82, 2.24) is 5.43 Å². The first-order chi connectivity index (χ1) is 11.7. The first-order valence-corrected chi connectivity index (χ1v) is 10.1. The molecule has 4 heteroatoms. The van der Waals surface area contributed by atoms with E-state index in [4.69, 9.17) is 0 Å². The van der Waals surface area contributed by atoms with Gasteiger partial charge in [-0.2, -0.15) is 5.10 Å². The molecule has 0 radical (unpaired) electrons. The summed E-state index contributed by atoms with van der Waals surface area (Å²) in [6.07, 6.45) is 18.5. The number of nitrogens with one attached hydrogen (secondary N) is 1. The minimum Gasteiger partial charge on any atom is -0.393 e. The molecule has 0 spiro atoms. The van der Waals surface area contributed by atoms with E-state index in [1.54, 1.807) is 13.1 Å². The molecule has 0 aliphatic carbocycles. The fourth-order valence-electron chi connectivity index (χ4n) is 2.87. The van der Waals surface area contributed by atoms with Crippen molar-refractivity contribution < 1.29 is 9.90 Å². The maximum Gasteiger partial charge on any atom is 0.240 e. The zero-order valence-corrected chi connectivity index (χ0v) is 16.1. The highest BCUT2D eigenvalue weighted by Crippen LogP contribution is 2.14. The van der Waals surface area contributed by atoms with E-state index in [1.165, 1.54) is 57.8 Å².